The van der Waals surface area contributed by atoms with Crippen LogP contribution in [0.2, 0.25) is 0 Å². The van der Waals surface area contributed by atoms with Crippen molar-refractivity contribution in [3.05, 3.63) is 289 Å². The molecule has 1 atom stereocenters. The zero-order valence-electron chi connectivity index (χ0n) is 41.0. The number of benzene rings is 12. The predicted octanol–water partition coefficient (Wildman–Crippen LogP) is 20.4. The third-order valence-electron chi connectivity index (χ3n) is 14.7. The zero-order chi connectivity index (χ0) is 48.6. The van der Waals surface area contributed by atoms with E-state index >= 15 is 0 Å². The van der Waals surface area contributed by atoms with Crippen molar-refractivity contribution >= 4 is 43.1 Å². The van der Waals surface area contributed by atoms with Gasteiger partial charge in [0.15, 0.2) is 0 Å². The third-order valence-corrected chi connectivity index (χ3v) is 14.7. The van der Waals surface area contributed by atoms with Gasteiger partial charge in [0.05, 0.1) is 5.41 Å². The summed E-state index contributed by atoms with van der Waals surface area (Å²) < 4.78 is 0. The molecular formula is C72H60. The Morgan fingerprint density at radius 2 is 0.681 bits per heavy atom. The average molecular weight is 925 g/mol. The van der Waals surface area contributed by atoms with Crippen molar-refractivity contribution in [1.82, 2.24) is 0 Å². The van der Waals surface area contributed by atoms with Gasteiger partial charge in [-0.05, 0) is 153 Å². The Kier molecular flexibility index (Phi) is 12.9. The Labute approximate surface area is 426 Å². The Bertz CT molecular complexity index is 3840. The maximum absolute atomic E-state index is 3.00. The van der Waals surface area contributed by atoms with Gasteiger partial charge in [-0.3, -0.25) is 0 Å². The molecule has 0 nitrogen and oxygen atoms in total. The molecule has 0 unspecified atom stereocenters. The molecule has 0 radical (unpaired) electrons. The van der Waals surface area contributed by atoms with Crippen molar-refractivity contribution in [2.75, 3.05) is 0 Å². The third kappa shape index (κ3) is 7.37. The number of aryl methyl sites for hydroxylation is 2. The lowest BCUT2D eigenvalue weighted by Crippen LogP contribution is -2.26. The number of hydrogen-bond acceptors (Lipinski definition) is 0. The van der Waals surface area contributed by atoms with Crippen LogP contribution in [0.5, 0.6) is 0 Å². The molecule has 0 amide bonds. The van der Waals surface area contributed by atoms with Crippen molar-refractivity contribution in [2.24, 2.45) is 0 Å². The van der Waals surface area contributed by atoms with E-state index in [1.165, 1.54) is 132 Å². The van der Waals surface area contributed by atoms with E-state index in [-0.39, 0.29) is 12.8 Å². The molecule has 72 heavy (non-hydrogen) atoms. The second-order valence-corrected chi connectivity index (χ2v) is 18.4. The van der Waals surface area contributed by atoms with E-state index in [1.54, 1.807) is 0 Å². The fraction of sp³-hybridized carbons (Fsp3) is 0.0833. The molecule has 0 heteroatoms. The first-order valence-electron chi connectivity index (χ1n) is 25.0. The molecule has 12 aromatic carbocycles. The van der Waals surface area contributed by atoms with Gasteiger partial charge in [0.25, 0.3) is 0 Å². The van der Waals surface area contributed by atoms with E-state index < -0.39 is 0 Å². The topological polar surface area (TPSA) is 0 Å². The summed E-state index contributed by atoms with van der Waals surface area (Å²) in [6, 6.07) is 89.5. The average Bonchev–Trinajstić information content (AvgIpc) is 3.90. The predicted molar refractivity (Wildman–Crippen MR) is 314 cm³/mol. The Morgan fingerprint density at radius 1 is 0.292 bits per heavy atom. The normalized spacial score (nSPS) is 13.3. The van der Waals surface area contributed by atoms with Gasteiger partial charge in [0.2, 0.25) is 0 Å². The summed E-state index contributed by atoms with van der Waals surface area (Å²) in [5.41, 5.74) is 20.9. The summed E-state index contributed by atoms with van der Waals surface area (Å²) >= 11 is 0. The van der Waals surface area contributed by atoms with Gasteiger partial charge in [-0.15, -0.1) is 13.2 Å². The van der Waals surface area contributed by atoms with E-state index in [2.05, 4.69) is 270 Å². The van der Waals surface area contributed by atoms with Crippen molar-refractivity contribution in [3.8, 4) is 55.6 Å². The highest BCUT2D eigenvalue weighted by molar-refractivity contribution is 6.21. The summed E-state index contributed by atoms with van der Waals surface area (Å²) in [6.07, 6.45) is 0. The van der Waals surface area contributed by atoms with E-state index in [9.17, 15) is 0 Å². The lowest BCUT2D eigenvalue weighted by Gasteiger charge is -2.31. The second-order valence-electron chi connectivity index (χ2n) is 18.4. The number of fused-ring (bicyclic) bond motifs is 14. The molecule has 0 heterocycles. The summed E-state index contributed by atoms with van der Waals surface area (Å²) in [4.78, 5) is 0. The van der Waals surface area contributed by atoms with Crippen LogP contribution in [0.15, 0.2) is 256 Å². The molecule has 0 N–H and O–H groups in total. The molecule has 2 aliphatic carbocycles. The highest BCUT2D eigenvalue weighted by atomic mass is 14.5. The molecule has 12 aromatic rings. The summed E-state index contributed by atoms with van der Waals surface area (Å²) in [5.74, 6) is 0. The zero-order valence-corrected chi connectivity index (χ0v) is 41.0. The van der Waals surface area contributed by atoms with Crippen LogP contribution in [0, 0.1) is 13.8 Å². The lowest BCUT2D eigenvalue weighted by molar-refractivity contribution is 0.793. The Hall–Kier alpha value is -8.58. The van der Waals surface area contributed by atoms with Crippen molar-refractivity contribution in [3.63, 3.8) is 0 Å². The van der Waals surface area contributed by atoms with Crippen LogP contribution in [0.25, 0.3) is 98.7 Å². The molecule has 0 bridgehead atoms. The van der Waals surface area contributed by atoms with E-state index in [0.717, 1.165) is 0 Å². The van der Waals surface area contributed by atoms with Gasteiger partial charge < -0.3 is 0 Å². The van der Waals surface area contributed by atoms with Gasteiger partial charge in [0.1, 0.15) is 0 Å². The fourth-order valence-electron chi connectivity index (χ4n) is 11.9. The largest absolute Gasteiger partial charge is 0.106 e. The number of rotatable bonds is 3. The summed E-state index contributed by atoms with van der Waals surface area (Å²) in [5, 5.41) is 10.4. The minimum atomic E-state index is -0.366. The summed E-state index contributed by atoms with van der Waals surface area (Å²) in [7, 11) is 0. The minimum absolute atomic E-state index is 0. The molecule has 0 aromatic heterocycles. The van der Waals surface area contributed by atoms with Gasteiger partial charge in [-0.25, -0.2) is 0 Å². The van der Waals surface area contributed by atoms with Crippen LogP contribution in [-0.4, -0.2) is 0 Å². The van der Waals surface area contributed by atoms with Crippen molar-refractivity contribution in [1.29, 1.82) is 0 Å². The SMILES string of the molecule is C.C=C.CC.Cc1ccc2c(c1)[C@]1(c3ccccc3-2)c2ccccc2-c2ccc(-c3c4ccccc4c(-c4ccccc4)c4ccccc34)cc21.Cc1ccccc1-c1c2ccccc2cc2ccccc12. The Balaban J connectivity index is 0.000000193. The van der Waals surface area contributed by atoms with Gasteiger partial charge in [0, 0.05) is 0 Å². The molecule has 0 saturated heterocycles. The maximum atomic E-state index is 3.00. The highest BCUT2D eigenvalue weighted by Crippen LogP contribution is 2.63. The first kappa shape index (κ1) is 47.1. The van der Waals surface area contributed by atoms with Crippen molar-refractivity contribution in [2.45, 2.75) is 40.5 Å². The molecule has 1 spiro atoms. The number of hydrogen-bond donors (Lipinski definition) is 0. The van der Waals surface area contributed by atoms with Gasteiger partial charge in [-0.1, -0.05) is 257 Å². The second kappa shape index (κ2) is 19.7. The quantitative estimate of drug-likeness (QED) is 0.122. The van der Waals surface area contributed by atoms with Gasteiger partial charge >= 0.3 is 0 Å². The van der Waals surface area contributed by atoms with Crippen molar-refractivity contribution < 1.29 is 0 Å². The molecule has 348 valence electrons. The molecule has 0 saturated carbocycles. The summed E-state index contributed by atoms with van der Waals surface area (Å²) in [6.45, 7) is 14.4. The first-order chi connectivity index (χ1) is 35.1. The lowest BCUT2D eigenvalue weighted by atomic mass is 9.70. The van der Waals surface area contributed by atoms with Gasteiger partial charge in [-0.2, -0.15) is 0 Å². The molecular weight excluding hydrogens is 865 g/mol. The molecule has 0 fully saturated rings. The molecule has 2 aliphatic rings. The first-order valence-corrected chi connectivity index (χ1v) is 25.0. The van der Waals surface area contributed by atoms with E-state index in [0.29, 0.717) is 0 Å². The Morgan fingerprint density at radius 3 is 1.21 bits per heavy atom. The smallest absolute Gasteiger partial charge is 0.0725 e. The van der Waals surface area contributed by atoms with E-state index in [4.69, 9.17) is 0 Å². The van der Waals surface area contributed by atoms with Crippen LogP contribution in [0.1, 0.15) is 54.7 Å². The standard InChI is InChI=1S/C46H30.C21H16.C2H6.C2H4.CH4/c1-29-23-25-34-32-15-9-11-21-40(32)46(42(34)27-29)41-22-12-10-16-33(41)35-26-24-31(28-43(35)46)45-38-19-7-5-17-36(38)44(30-13-3-2-4-14-30)37-18-6-8-20-39(37)45;1-15-8-2-5-11-18(15)21-19-12-6-3-9-16(19)14-17-10-4-7-13-20(17)21;2*1-2;/h2-28H,1H3;2-14H,1H3;1-2H3;1-2H2;1H4/t46-;;;;/m0..../s1. The van der Waals surface area contributed by atoms with Crippen LogP contribution in [0.4, 0.5) is 0 Å². The van der Waals surface area contributed by atoms with Crippen LogP contribution in [0.3, 0.4) is 0 Å². The molecule has 14 rings (SSSR count). The maximum Gasteiger partial charge on any atom is 0.0725 e. The highest BCUT2D eigenvalue weighted by Gasteiger charge is 2.51. The van der Waals surface area contributed by atoms with Crippen LogP contribution < -0.4 is 0 Å². The fourth-order valence-corrected chi connectivity index (χ4v) is 11.9. The van der Waals surface area contributed by atoms with Crippen LogP contribution in [-0.2, 0) is 5.41 Å². The monoisotopic (exact) mass is 924 g/mol. The van der Waals surface area contributed by atoms with E-state index in [1.807, 2.05) is 13.8 Å². The minimum Gasteiger partial charge on any atom is -0.106 e. The molecule has 0 aliphatic heterocycles. The van der Waals surface area contributed by atoms with Crippen LogP contribution >= 0.6 is 0 Å².